The third-order valence-electron chi connectivity index (χ3n) is 1.82. The summed E-state index contributed by atoms with van der Waals surface area (Å²) in [6, 6.07) is 1.75. The summed E-state index contributed by atoms with van der Waals surface area (Å²) in [4.78, 5) is 22.2. The number of rotatable bonds is 2. The van der Waals surface area contributed by atoms with Crippen LogP contribution in [0.5, 0.6) is 0 Å². The van der Waals surface area contributed by atoms with E-state index in [1.165, 1.54) is 6.33 Å². The standard InChI is InChI=1S/C9H9N3O2/c1-2-14-9(13)7-6-3-4-10-8(6)12-5-11-7/h3-5H,2H2,1H3,(H,10,11,12). The van der Waals surface area contributed by atoms with Gasteiger partial charge < -0.3 is 9.72 Å². The number of carbonyl (C=O) groups is 1. The van der Waals surface area contributed by atoms with Gasteiger partial charge in [0.05, 0.1) is 12.0 Å². The molecule has 0 unspecified atom stereocenters. The van der Waals surface area contributed by atoms with Crippen molar-refractivity contribution in [3.63, 3.8) is 0 Å². The summed E-state index contributed by atoms with van der Waals surface area (Å²) in [6.45, 7) is 2.10. The fraction of sp³-hybridized carbons (Fsp3) is 0.222. The molecule has 0 aliphatic rings. The van der Waals surface area contributed by atoms with Gasteiger partial charge in [-0.05, 0) is 13.0 Å². The molecule has 0 bridgehead atoms. The minimum absolute atomic E-state index is 0.304. The van der Waals surface area contributed by atoms with Crippen molar-refractivity contribution in [3.8, 4) is 0 Å². The SMILES string of the molecule is CCOC(=O)c1ncnc2[nH]ccc12. The second-order valence-electron chi connectivity index (χ2n) is 2.68. The molecule has 0 aliphatic heterocycles. The largest absolute Gasteiger partial charge is 0.461 e. The van der Waals surface area contributed by atoms with Crippen LogP contribution in [0.1, 0.15) is 17.4 Å². The van der Waals surface area contributed by atoms with Gasteiger partial charge in [-0.3, -0.25) is 0 Å². The number of aromatic amines is 1. The molecular formula is C9H9N3O2. The van der Waals surface area contributed by atoms with E-state index in [0.29, 0.717) is 23.3 Å². The Morgan fingerprint density at radius 3 is 3.21 bits per heavy atom. The molecule has 2 heterocycles. The molecule has 0 spiro atoms. The zero-order valence-electron chi connectivity index (χ0n) is 7.65. The van der Waals surface area contributed by atoms with Crippen molar-refractivity contribution < 1.29 is 9.53 Å². The number of hydrogen-bond donors (Lipinski definition) is 1. The number of ether oxygens (including phenoxy) is 1. The van der Waals surface area contributed by atoms with Gasteiger partial charge in [0.25, 0.3) is 0 Å². The lowest BCUT2D eigenvalue weighted by Gasteiger charge is -2.00. The summed E-state index contributed by atoms with van der Waals surface area (Å²) in [7, 11) is 0. The molecule has 5 nitrogen and oxygen atoms in total. The van der Waals surface area contributed by atoms with Crippen molar-refractivity contribution in [3.05, 3.63) is 24.3 Å². The average Bonchev–Trinajstić information content (AvgIpc) is 2.65. The number of carbonyl (C=O) groups excluding carboxylic acids is 1. The number of aromatic nitrogens is 3. The van der Waals surface area contributed by atoms with Crippen LogP contribution in [0.15, 0.2) is 18.6 Å². The van der Waals surface area contributed by atoms with Gasteiger partial charge in [0.15, 0.2) is 5.69 Å². The van der Waals surface area contributed by atoms with E-state index in [2.05, 4.69) is 15.0 Å². The van der Waals surface area contributed by atoms with E-state index >= 15 is 0 Å². The van der Waals surface area contributed by atoms with Crippen LogP contribution in [0.4, 0.5) is 0 Å². The van der Waals surface area contributed by atoms with E-state index in [0.717, 1.165) is 0 Å². The van der Waals surface area contributed by atoms with Crippen LogP contribution >= 0.6 is 0 Å². The maximum atomic E-state index is 11.4. The van der Waals surface area contributed by atoms with Crippen molar-refractivity contribution in [1.29, 1.82) is 0 Å². The second kappa shape index (κ2) is 3.45. The molecule has 2 aromatic heterocycles. The van der Waals surface area contributed by atoms with E-state index < -0.39 is 5.97 Å². The molecule has 1 N–H and O–H groups in total. The van der Waals surface area contributed by atoms with E-state index in [1.807, 2.05) is 0 Å². The molecule has 0 atom stereocenters. The minimum Gasteiger partial charge on any atom is -0.461 e. The van der Waals surface area contributed by atoms with Gasteiger partial charge in [-0.2, -0.15) is 0 Å². The molecule has 0 saturated heterocycles. The lowest BCUT2D eigenvalue weighted by atomic mass is 10.3. The van der Waals surface area contributed by atoms with E-state index in [9.17, 15) is 4.79 Å². The molecule has 5 heteroatoms. The fourth-order valence-electron chi connectivity index (χ4n) is 1.23. The summed E-state index contributed by atoms with van der Waals surface area (Å²) >= 11 is 0. The highest BCUT2D eigenvalue weighted by Crippen LogP contribution is 2.13. The van der Waals surface area contributed by atoms with E-state index in [-0.39, 0.29) is 0 Å². The summed E-state index contributed by atoms with van der Waals surface area (Å²) < 4.78 is 4.86. The number of nitrogens with zero attached hydrogens (tertiary/aromatic N) is 2. The maximum Gasteiger partial charge on any atom is 0.357 e. The smallest absolute Gasteiger partial charge is 0.357 e. The number of H-pyrrole nitrogens is 1. The van der Waals surface area contributed by atoms with Crippen molar-refractivity contribution in [1.82, 2.24) is 15.0 Å². The van der Waals surface area contributed by atoms with Crippen molar-refractivity contribution in [2.45, 2.75) is 6.92 Å². The second-order valence-corrected chi connectivity index (χ2v) is 2.68. The summed E-state index contributed by atoms with van der Waals surface area (Å²) in [5, 5.41) is 0.686. The highest BCUT2D eigenvalue weighted by molar-refractivity contribution is 6.00. The topological polar surface area (TPSA) is 67.9 Å². The molecule has 2 rings (SSSR count). The molecule has 0 aliphatic carbocycles. The average molecular weight is 191 g/mol. The maximum absolute atomic E-state index is 11.4. The fourth-order valence-corrected chi connectivity index (χ4v) is 1.23. The van der Waals surface area contributed by atoms with Gasteiger partial charge in [-0.1, -0.05) is 0 Å². The number of hydrogen-bond acceptors (Lipinski definition) is 4. The first kappa shape index (κ1) is 8.68. The minimum atomic E-state index is -0.417. The first-order valence-electron chi connectivity index (χ1n) is 4.28. The Morgan fingerprint density at radius 1 is 1.57 bits per heavy atom. The third kappa shape index (κ3) is 1.32. The first-order chi connectivity index (χ1) is 6.83. The van der Waals surface area contributed by atoms with Crippen LogP contribution in [0.2, 0.25) is 0 Å². The summed E-state index contributed by atoms with van der Waals surface area (Å²) in [6.07, 6.45) is 3.05. The molecule has 0 fully saturated rings. The van der Waals surface area contributed by atoms with Crippen LogP contribution in [-0.2, 0) is 4.74 Å². The Hall–Kier alpha value is -1.91. The zero-order valence-corrected chi connectivity index (χ0v) is 7.65. The predicted molar refractivity (Wildman–Crippen MR) is 49.8 cm³/mol. The van der Waals surface area contributed by atoms with Gasteiger partial charge in [0.2, 0.25) is 0 Å². The highest BCUT2D eigenvalue weighted by Gasteiger charge is 2.13. The molecule has 0 radical (unpaired) electrons. The van der Waals surface area contributed by atoms with Gasteiger partial charge in [0, 0.05) is 6.20 Å². The molecule has 0 amide bonds. The van der Waals surface area contributed by atoms with Crippen LogP contribution < -0.4 is 0 Å². The molecule has 0 aromatic carbocycles. The van der Waals surface area contributed by atoms with Gasteiger partial charge in [-0.25, -0.2) is 14.8 Å². The first-order valence-corrected chi connectivity index (χ1v) is 4.28. The van der Waals surface area contributed by atoms with E-state index in [1.54, 1.807) is 19.2 Å². The van der Waals surface area contributed by atoms with Gasteiger partial charge in [-0.15, -0.1) is 0 Å². The molecule has 14 heavy (non-hydrogen) atoms. The Kier molecular flexibility index (Phi) is 2.14. The van der Waals surface area contributed by atoms with Crippen LogP contribution in [0.25, 0.3) is 11.0 Å². The predicted octanol–water partition coefficient (Wildman–Crippen LogP) is 1.13. The Morgan fingerprint density at radius 2 is 2.43 bits per heavy atom. The number of nitrogens with one attached hydrogen (secondary N) is 1. The van der Waals surface area contributed by atoms with Crippen molar-refractivity contribution in [2.24, 2.45) is 0 Å². The normalized spacial score (nSPS) is 10.4. The number of esters is 1. The quantitative estimate of drug-likeness (QED) is 0.722. The molecule has 0 saturated carbocycles. The molecule has 2 aromatic rings. The van der Waals surface area contributed by atoms with Crippen molar-refractivity contribution >= 4 is 17.0 Å². The summed E-state index contributed by atoms with van der Waals surface area (Å²) in [5.41, 5.74) is 0.946. The highest BCUT2D eigenvalue weighted by atomic mass is 16.5. The molecule has 72 valence electrons. The van der Waals surface area contributed by atoms with Crippen LogP contribution in [-0.4, -0.2) is 27.5 Å². The van der Waals surface area contributed by atoms with Crippen LogP contribution in [0, 0.1) is 0 Å². The Bertz CT molecular complexity index is 464. The lowest BCUT2D eigenvalue weighted by Crippen LogP contribution is -2.07. The zero-order chi connectivity index (χ0) is 9.97. The number of fused-ring (bicyclic) bond motifs is 1. The lowest BCUT2D eigenvalue weighted by molar-refractivity contribution is 0.0522. The monoisotopic (exact) mass is 191 g/mol. The van der Waals surface area contributed by atoms with Crippen molar-refractivity contribution in [2.75, 3.05) is 6.61 Å². The summed E-state index contributed by atoms with van der Waals surface area (Å²) in [5.74, 6) is -0.417. The Balaban J connectivity index is 2.50. The van der Waals surface area contributed by atoms with Gasteiger partial charge in [0.1, 0.15) is 12.0 Å². The van der Waals surface area contributed by atoms with Crippen LogP contribution in [0.3, 0.4) is 0 Å². The molecular weight excluding hydrogens is 182 g/mol. The van der Waals surface area contributed by atoms with E-state index in [4.69, 9.17) is 4.74 Å². The van der Waals surface area contributed by atoms with Gasteiger partial charge >= 0.3 is 5.97 Å². The third-order valence-corrected chi connectivity index (χ3v) is 1.82. The Labute approximate surface area is 80.1 Å².